The van der Waals surface area contributed by atoms with E-state index in [-0.39, 0.29) is 5.75 Å². The van der Waals surface area contributed by atoms with Crippen LogP contribution in [0, 0.1) is 6.92 Å². The molecule has 0 saturated carbocycles. The Morgan fingerprint density at radius 2 is 1.61 bits per heavy atom. The molecule has 0 aliphatic rings. The molecule has 1 aromatic heterocycles. The Hall–Kier alpha value is -3.37. The van der Waals surface area contributed by atoms with E-state index in [9.17, 15) is 9.90 Å². The zero-order chi connectivity index (χ0) is 19.7. The maximum absolute atomic E-state index is 10.7. The Kier molecular flexibility index (Phi) is 4.72. The number of aromatic hydroxyl groups is 1. The topological polar surface area (TPSA) is 57.5 Å². The van der Waals surface area contributed by atoms with Crippen LogP contribution in [0.4, 0.5) is 0 Å². The Balaban J connectivity index is 1.88. The van der Waals surface area contributed by atoms with Gasteiger partial charge < -0.3 is 10.2 Å². The van der Waals surface area contributed by atoms with Gasteiger partial charge in [0, 0.05) is 26.6 Å². The molecule has 4 rings (SSSR count). The largest absolute Gasteiger partial charge is 0.508 e. The van der Waals surface area contributed by atoms with Crippen molar-refractivity contribution in [2.45, 2.75) is 6.92 Å². The predicted molar refractivity (Wildman–Crippen MR) is 116 cm³/mol. The lowest BCUT2D eigenvalue weighted by atomic mass is 9.97. The van der Waals surface area contributed by atoms with Gasteiger partial charge in [0.05, 0.1) is 0 Å². The monoisotopic (exact) mass is 386 g/mol. The summed E-state index contributed by atoms with van der Waals surface area (Å²) >= 11 is 1.66. The first-order valence-corrected chi connectivity index (χ1v) is 9.67. The number of phenolic OH excluding ortho intramolecular Hbond substituents is 1. The minimum absolute atomic E-state index is 0.255. The maximum atomic E-state index is 10.7. The molecule has 3 nitrogen and oxygen atoms in total. The lowest BCUT2D eigenvalue weighted by molar-refractivity contribution is -0.131. The van der Waals surface area contributed by atoms with Gasteiger partial charge in [0.15, 0.2) is 0 Å². The number of carboxylic acids is 1. The van der Waals surface area contributed by atoms with Crippen molar-refractivity contribution in [1.29, 1.82) is 0 Å². The highest BCUT2D eigenvalue weighted by molar-refractivity contribution is 7.23. The summed E-state index contributed by atoms with van der Waals surface area (Å²) in [6, 6.07) is 21.7. The van der Waals surface area contributed by atoms with E-state index in [1.165, 1.54) is 5.56 Å². The third kappa shape index (κ3) is 3.55. The van der Waals surface area contributed by atoms with Gasteiger partial charge in [-0.2, -0.15) is 0 Å². The third-order valence-corrected chi connectivity index (χ3v) is 5.81. The number of carboxylic acid groups (broad SMARTS) is 1. The van der Waals surface area contributed by atoms with E-state index >= 15 is 0 Å². The van der Waals surface area contributed by atoms with Gasteiger partial charge in [0.2, 0.25) is 0 Å². The number of phenols is 1. The van der Waals surface area contributed by atoms with Crippen LogP contribution in [-0.4, -0.2) is 16.2 Å². The molecular formula is C24H18O3S. The smallest absolute Gasteiger partial charge is 0.328 e. The van der Waals surface area contributed by atoms with Gasteiger partial charge in [-0.25, -0.2) is 4.79 Å². The Labute approximate surface area is 166 Å². The molecule has 4 heteroatoms. The highest BCUT2D eigenvalue weighted by Gasteiger charge is 2.16. The maximum Gasteiger partial charge on any atom is 0.328 e. The van der Waals surface area contributed by atoms with Crippen LogP contribution < -0.4 is 0 Å². The standard InChI is InChI=1S/C24H18O3S/c1-15-2-7-18(8-3-15)24-23(20-12-11-19(25)14-21(20)28-24)17-9-4-16(5-10-17)6-13-22(26)27/h2-14,25H,1H3,(H,26,27)/b13-6+. The van der Waals surface area contributed by atoms with Crippen molar-refractivity contribution in [3.8, 4) is 27.3 Å². The van der Waals surface area contributed by atoms with Crippen molar-refractivity contribution >= 4 is 33.5 Å². The van der Waals surface area contributed by atoms with Gasteiger partial charge in [-0.3, -0.25) is 0 Å². The molecule has 28 heavy (non-hydrogen) atoms. The van der Waals surface area contributed by atoms with Gasteiger partial charge in [-0.15, -0.1) is 11.3 Å². The zero-order valence-electron chi connectivity index (χ0n) is 15.2. The molecule has 0 atom stereocenters. The predicted octanol–water partition coefficient (Wildman–Crippen LogP) is 6.35. The molecule has 0 amide bonds. The Bertz CT molecular complexity index is 1180. The Morgan fingerprint density at radius 3 is 2.29 bits per heavy atom. The molecular weight excluding hydrogens is 368 g/mol. The first-order chi connectivity index (χ1) is 13.5. The number of aryl methyl sites for hydroxylation is 1. The average Bonchev–Trinajstić information content (AvgIpc) is 3.05. The number of benzene rings is 3. The van der Waals surface area contributed by atoms with E-state index in [1.54, 1.807) is 29.5 Å². The van der Waals surface area contributed by atoms with Crippen molar-refractivity contribution < 1.29 is 15.0 Å². The molecule has 0 fully saturated rings. The minimum Gasteiger partial charge on any atom is -0.508 e. The summed E-state index contributed by atoms with van der Waals surface area (Å²) in [5.41, 5.74) is 5.35. The molecule has 0 spiro atoms. The second-order valence-corrected chi connectivity index (χ2v) is 7.70. The zero-order valence-corrected chi connectivity index (χ0v) is 16.0. The number of rotatable bonds is 4. The van der Waals surface area contributed by atoms with Crippen LogP contribution in [0.25, 0.3) is 37.7 Å². The molecule has 1 heterocycles. The van der Waals surface area contributed by atoms with E-state index in [0.717, 1.165) is 43.3 Å². The number of aliphatic carboxylic acids is 1. The van der Waals surface area contributed by atoms with Crippen LogP contribution in [0.1, 0.15) is 11.1 Å². The van der Waals surface area contributed by atoms with Crippen LogP contribution in [0.2, 0.25) is 0 Å². The SMILES string of the molecule is Cc1ccc(-c2sc3cc(O)ccc3c2-c2ccc(/C=C/C(=O)O)cc2)cc1. The fourth-order valence-corrected chi connectivity index (χ4v) is 4.47. The van der Waals surface area contributed by atoms with Gasteiger partial charge in [-0.1, -0.05) is 54.1 Å². The van der Waals surface area contributed by atoms with Gasteiger partial charge in [0.25, 0.3) is 0 Å². The van der Waals surface area contributed by atoms with Crippen molar-refractivity contribution in [1.82, 2.24) is 0 Å². The van der Waals surface area contributed by atoms with Crippen LogP contribution in [0.3, 0.4) is 0 Å². The summed E-state index contributed by atoms with van der Waals surface area (Å²) < 4.78 is 1.03. The highest BCUT2D eigenvalue weighted by atomic mass is 32.1. The number of hydrogen-bond donors (Lipinski definition) is 2. The quantitative estimate of drug-likeness (QED) is 0.402. The van der Waals surface area contributed by atoms with E-state index in [1.807, 2.05) is 30.3 Å². The summed E-state index contributed by atoms with van der Waals surface area (Å²) in [5, 5.41) is 19.8. The van der Waals surface area contributed by atoms with E-state index < -0.39 is 5.97 Å². The number of fused-ring (bicyclic) bond motifs is 1. The van der Waals surface area contributed by atoms with E-state index in [4.69, 9.17) is 5.11 Å². The summed E-state index contributed by atoms with van der Waals surface area (Å²) in [5.74, 6) is -0.709. The summed E-state index contributed by atoms with van der Waals surface area (Å²) in [4.78, 5) is 11.9. The molecule has 4 aromatic rings. The number of carbonyl (C=O) groups is 1. The second-order valence-electron chi connectivity index (χ2n) is 6.65. The first kappa shape index (κ1) is 18.0. The van der Waals surface area contributed by atoms with E-state index in [0.29, 0.717) is 0 Å². The van der Waals surface area contributed by atoms with Crippen molar-refractivity contribution in [3.05, 3.63) is 83.9 Å². The van der Waals surface area contributed by atoms with Gasteiger partial charge >= 0.3 is 5.97 Å². The van der Waals surface area contributed by atoms with E-state index in [2.05, 4.69) is 31.2 Å². The van der Waals surface area contributed by atoms with Crippen LogP contribution >= 0.6 is 11.3 Å². The molecule has 0 unspecified atom stereocenters. The first-order valence-electron chi connectivity index (χ1n) is 8.85. The molecule has 0 radical (unpaired) electrons. The molecule has 0 aliphatic heterocycles. The minimum atomic E-state index is -0.964. The van der Waals surface area contributed by atoms with Crippen LogP contribution in [0.5, 0.6) is 5.75 Å². The normalized spacial score (nSPS) is 11.3. The molecule has 0 bridgehead atoms. The van der Waals surface area contributed by atoms with Gasteiger partial charge in [-0.05, 0) is 47.9 Å². The lowest BCUT2D eigenvalue weighted by Gasteiger charge is -2.07. The molecule has 0 saturated heterocycles. The lowest BCUT2D eigenvalue weighted by Crippen LogP contribution is -1.86. The van der Waals surface area contributed by atoms with Crippen molar-refractivity contribution in [2.24, 2.45) is 0 Å². The molecule has 0 aliphatic carbocycles. The summed E-state index contributed by atoms with van der Waals surface area (Å²) in [6.07, 6.45) is 2.71. The van der Waals surface area contributed by atoms with Crippen LogP contribution in [0.15, 0.2) is 72.8 Å². The van der Waals surface area contributed by atoms with Crippen molar-refractivity contribution in [2.75, 3.05) is 0 Å². The number of thiophene rings is 1. The number of hydrogen-bond acceptors (Lipinski definition) is 3. The fourth-order valence-electron chi connectivity index (χ4n) is 3.21. The molecule has 3 aromatic carbocycles. The molecule has 2 N–H and O–H groups in total. The van der Waals surface area contributed by atoms with Crippen molar-refractivity contribution in [3.63, 3.8) is 0 Å². The highest BCUT2D eigenvalue weighted by Crippen LogP contribution is 2.45. The summed E-state index contributed by atoms with van der Waals surface area (Å²) in [6.45, 7) is 2.07. The Morgan fingerprint density at radius 1 is 0.929 bits per heavy atom. The molecule has 138 valence electrons. The fraction of sp³-hybridized carbons (Fsp3) is 0.0417. The van der Waals surface area contributed by atoms with Crippen LogP contribution in [-0.2, 0) is 4.79 Å². The third-order valence-electron chi connectivity index (χ3n) is 4.61. The van der Waals surface area contributed by atoms with Gasteiger partial charge in [0.1, 0.15) is 5.75 Å². The summed E-state index contributed by atoms with van der Waals surface area (Å²) in [7, 11) is 0. The second kappa shape index (κ2) is 7.33. The average molecular weight is 386 g/mol.